The molecule has 1 atom stereocenters. The van der Waals surface area contributed by atoms with Gasteiger partial charge in [-0.1, -0.05) is 39.0 Å². The number of nitrogens with zero attached hydrogens (tertiary/aromatic N) is 1. The highest BCUT2D eigenvalue weighted by molar-refractivity contribution is 4.84. The van der Waals surface area contributed by atoms with Gasteiger partial charge in [0.05, 0.1) is 0 Å². The molecule has 1 saturated carbocycles. The van der Waals surface area contributed by atoms with Crippen LogP contribution in [0, 0.1) is 5.92 Å². The molecule has 2 heteroatoms. The van der Waals surface area contributed by atoms with E-state index in [-0.39, 0.29) is 0 Å². The monoisotopic (exact) mass is 252 g/mol. The largest absolute Gasteiger partial charge is 0.314 e. The van der Waals surface area contributed by atoms with Gasteiger partial charge in [0.15, 0.2) is 0 Å². The summed E-state index contributed by atoms with van der Waals surface area (Å²) < 4.78 is 0. The summed E-state index contributed by atoms with van der Waals surface area (Å²) in [5.41, 5.74) is 0. The zero-order valence-corrected chi connectivity index (χ0v) is 12.3. The van der Waals surface area contributed by atoms with Gasteiger partial charge in [-0.3, -0.25) is 0 Å². The van der Waals surface area contributed by atoms with Crippen molar-refractivity contribution in [3.63, 3.8) is 0 Å². The first-order chi connectivity index (χ1) is 8.88. The zero-order valence-electron chi connectivity index (χ0n) is 12.3. The van der Waals surface area contributed by atoms with Crippen molar-refractivity contribution < 1.29 is 0 Å². The Hall–Kier alpha value is -0.0800. The smallest absolute Gasteiger partial charge is 0.00683 e. The Morgan fingerprint density at radius 3 is 2.56 bits per heavy atom. The fourth-order valence-electron chi connectivity index (χ4n) is 3.02. The highest BCUT2D eigenvalue weighted by Gasteiger charge is 2.25. The minimum absolute atomic E-state index is 0.887. The Bertz CT molecular complexity index is 213. The molecule has 106 valence electrons. The summed E-state index contributed by atoms with van der Waals surface area (Å²) in [4.78, 5) is 2.69. The fourth-order valence-corrected chi connectivity index (χ4v) is 3.02. The second-order valence-electron chi connectivity index (χ2n) is 6.41. The maximum Gasteiger partial charge on any atom is 0.00683 e. The third-order valence-corrected chi connectivity index (χ3v) is 4.47. The summed E-state index contributed by atoms with van der Waals surface area (Å²) in [5, 5.41) is 3.68. The van der Waals surface area contributed by atoms with E-state index in [4.69, 9.17) is 0 Å². The van der Waals surface area contributed by atoms with Crippen molar-refractivity contribution in [2.45, 2.75) is 70.8 Å². The molecule has 1 aliphatic heterocycles. The zero-order chi connectivity index (χ0) is 12.6. The maximum absolute atomic E-state index is 3.68. The molecular weight excluding hydrogens is 220 g/mol. The summed E-state index contributed by atoms with van der Waals surface area (Å²) in [6, 6.07) is 0.887. The maximum atomic E-state index is 3.68. The van der Waals surface area contributed by atoms with E-state index in [0.717, 1.165) is 12.0 Å². The van der Waals surface area contributed by atoms with Crippen molar-refractivity contribution in [3.05, 3.63) is 0 Å². The molecule has 1 heterocycles. The van der Waals surface area contributed by atoms with Gasteiger partial charge in [-0.25, -0.2) is 0 Å². The van der Waals surface area contributed by atoms with Crippen LogP contribution < -0.4 is 5.32 Å². The van der Waals surface area contributed by atoms with Gasteiger partial charge in [-0.05, 0) is 51.2 Å². The molecule has 0 spiro atoms. The average Bonchev–Trinajstić information content (AvgIpc) is 3.11. The van der Waals surface area contributed by atoms with E-state index >= 15 is 0 Å². The fraction of sp³-hybridized carbons (Fsp3) is 1.00. The van der Waals surface area contributed by atoms with E-state index in [1.807, 2.05) is 0 Å². The van der Waals surface area contributed by atoms with Crippen molar-refractivity contribution in [2.75, 3.05) is 26.2 Å². The Balaban J connectivity index is 1.42. The first-order valence-electron chi connectivity index (χ1n) is 8.34. The van der Waals surface area contributed by atoms with Gasteiger partial charge >= 0.3 is 0 Å². The predicted molar refractivity (Wildman–Crippen MR) is 78.9 cm³/mol. The standard InChI is InChI=1S/C16H32N2/c1-2-3-4-5-6-7-11-18-12-10-15(14-18)13-17-16-8-9-16/h15-17H,2-14H2,1H3. The van der Waals surface area contributed by atoms with Gasteiger partial charge in [-0.15, -0.1) is 0 Å². The quantitative estimate of drug-likeness (QED) is 0.599. The number of likely N-dealkylation sites (tertiary alicyclic amines) is 1. The second kappa shape index (κ2) is 8.16. The van der Waals surface area contributed by atoms with Crippen LogP contribution in [0.1, 0.15) is 64.7 Å². The van der Waals surface area contributed by atoms with Crippen molar-refractivity contribution in [1.29, 1.82) is 0 Å². The number of unbranched alkanes of at least 4 members (excludes halogenated alkanes) is 5. The minimum Gasteiger partial charge on any atom is -0.314 e. The van der Waals surface area contributed by atoms with Crippen LogP contribution in [0.5, 0.6) is 0 Å². The van der Waals surface area contributed by atoms with Crippen molar-refractivity contribution >= 4 is 0 Å². The molecule has 2 fully saturated rings. The lowest BCUT2D eigenvalue weighted by molar-refractivity contribution is 0.312. The number of hydrogen-bond donors (Lipinski definition) is 1. The second-order valence-corrected chi connectivity index (χ2v) is 6.41. The van der Waals surface area contributed by atoms with E-state index in [1.165, 1.54) is 84.0 Å². The van der Waals surface area contributed by atoms with Gasteiger partial charge in [0, 0.05) is 12.6 Å². The van der Waals surface area contributed by atoms with Gasteiger partial charge in [0.2, 0.25) is 0 Å². The van der Waals surface area contributed by atoms with Crippen LogP contribution >= 0.6 is 0 Å². The van der Waals surface area contributed by atoms with E-state index in [9.17, 15) is 0 Å². The van der Waals surface area contributed by atoms with Crippen LogP contribution in [-0.4, -0.2) is 37.1 Å². The van der Waals surface area contributed by atoms with E-state index < -0.39 is 0 Å². The molecule has 0 aromatic rings. The molecule has 1 saturated heterocycles. The van der Waals surface area contributed by atoms with Crippen LogP contribution in [0.15, 0.2) is 0 Å². The van der Waals surface area contributed by atoms with E-state index in [2.05, 4.69) is 17.1 Å². The molecular formula is C16H32N2. The molecule has 18 heavy (non-hydrogen) atoms. The number of rotatable bonds is 10. The highest BCUT2D eigenvalue weighted by Crippen LogP contribution is 2.21. The molecule has 0 aromatic heterocycles. The molecule has 2 rings (SSSR count). The van der Waals surface area contributed by atoms with Crippen LogP contribution in [0.3, 0.4) is 0 Å². The summed E-state index contributed by atoms with van der Waals surface area (Å²) in [5.74, 6) is 0.936. The SMILES string of the molecule is CCCCCCCCN1CCC(CNC2CC2)C1. The van der Waals surface area contributed by atoms with Crippen molar-refractivity contribution in [3.8, 4) is 0 Å². The highest BCUT2D eigenvalue weighted by atomic mass is 15.1. The number of hydrogen-bond acceptors (Lipinski definition) is 2. The van der Waals surface area contributed by atoms with Crippen LogP contribution in [0.25, 0.3) is 0 Å². The molecule has 2 nitrogen and oxygen atoms in total. The lowest BCUT2D eigenvalue weighted by Crippen LogP contribution is -2.28. The summed E-state index contributed by atoms with van der Waals surface area (Å²) in [6.07, 6.45) is 12.8. The van der Waals surface area contributed by atoms with Crippen molar-refractivity contribution in [2.24, 2.45) is 5.92 Å². The molecule has 0 aromatic carbocycles. The van der Waals surface area contributed by atoms with E-state index in [0.29, 0.717) is 0 Å². The van der Waals surface area contributed by atoms with Gasteiger partial charge in [-0.2, -0.15) is 0 Å². The summed E-state index contributed by atoms with van der Waals surface area (Å²) >= 11 is 0. The summed E-state index contributed by atoms with van der Waals surface area (Å²) in [7, 11) is 0. The molecule has 0 bridgehead atoms. The Kier molecular flexibility index (Phi) is 6.50. The topological polar surface area (TPSA) is 15.3 Å². The van der Waals surface area contributed by atoms with Crippen LogP contribution in [0.4, 0.5) is 0 Å². The number of nitrogens with one attached hydrogen (secondary N) is 1. The first-order valence-corrected chi connectivity index (χ1v) is 8.34. The Labute approximate surface area is 114 Å². The van der Waals surface area contributed by atoms with Crippen molar-refractivity contribution in [1.82, 2.24) is 10.2 Å². The third-order valence-electron chi connectivity index (χ3n) is 4.47. The van der Waals surface area contributed by atoms with Gasteiger partial charge in [0.1, 0.15) is 0 Å². The van der Waals surface area contributed by atoms with E-state index in [1.54, 1.807) is 0 Å². The Morgan fingerprint density at radius 2 is 1.78 bits per heavy atom. The normalized spacial score (nSPS) is 24.8. The van der Waals surface area contributed by atoms with Crippen LogP contribution in [0.2, 0.25) is 0 Å². The minimum atomic E-state index is 0.887. The molecule has 1 aliphatic carbocycles. The van der Waals surface area contributed by atoms with Gasteiger partial charge in [0.25, 0.3) is 0 Å². The molecule has 1 unspecified atom stereocenters. The predicted octanol–water partition coefficient (Wildman–Crippen LogP) is 3.42. The first kappa shape index (κ1) is 14.3. The van der Waals surface area contributed by atoms with Crippen LogP contribution in [-0.2, 0) is 0 Å². The molecule has 0 amide bonds. The molecule has 1 N–H and O–H groups in total. The Morgan fingerprint density at radius 1 is 1.00 bits per heavy atom. The summed E-state index contributed by atoms with van der Waals surface area (Å²) in [6.45, 7) is 7.63. The molecule has 2 aliphatic rings. The lowest BCUT2D eigenvalue weighted by Gasteiger charge is -2.16. The third kappa shape index (κ3) is 5.71. The lowest BCUT2D eigenvalue weighted by atomic mass is 10.1. The molecule has 0 radical (unpaired) electrons. The average molecular weight is 252 g/mol. The van der Waals surface area contributed by atoms with Gasteiger partial charge < -0.3 is 10.2 Å².